The molecule has 1 aromatic carbocycles. The van der Waals surface area contributed by atoms with E-state index in [1.165, 1.54) is 11.3 Å². The number of hydrogen-bond acceptors (Lipinski definition) is 2. The number of pyridine rings is 1. The third-order valence-electron chi connectivity index (χ3n) is 2.74. The van der Waals surface area contributed by atoms with Crippen molar-refractivity contribution in [2.45, 2.75) is 11.6 Å². The molecule has 1 aromatic heterocycles. The number of anilines is 1. The number of halogens is 1. The van der Waals surface area contributed by atoms with Gasteiger partial charge in [-0.05, 0) is 5.56 Å². The summed E-state index contributed by atoms with van der Waals surface area (Å²) in [6.45, 7) is 0. The SMILES string of the molecule is CN(C)c1cc[n+](CSCc2ccccc2)cc1.[Cl-]. The molecule has 2 rings (SSSR count). The van der Waals surface area contributed by atoms with Gasteiger partial charge in [-0.1, -0.05) is 42.1 Å². The average Bonchev–Trinajstić information content (AvgIpc) is 2.40. The number of hydrogen-bond donors (Lipinski definition) is 0. The fourth-order valence-corrected chi connectivity index (χ4v) is 2.58. The summed E-state index contributed by atoms with van der Waals surface area (Å²) in [5.74, 6) is 2.05. The summed E-state index contributed by atoms with van der Waals surface area (Å²) in [6.07, 6.45) is 4.26. The smallest absolute Gasteiger partial charge is 0.194 e. The molecule has 0 bridgehead atoms. The molecule has 0 amide bonds. The fourth-order valence-electron chi connectivity index (χ4n) is 1.68. The van der Waals surface area contributed by atoms with Gasteiger partial charge in [-0.3, -0.25) is 0 Å². The standard InChI is InChI=1S/C15H19N2S.ClH/c1-16(2)15-8-10-17(11-9-15)13-18-12-14-6-4-3-5-7-14;/h3-11H,12-13H2,1-2H3;1H/q+1;/p-1. The number of benzene rings is 1. The Labute approximate surface area is 125 Å². The lowest BCUT2D eigenvalue weighted by atomic mass is 10.2. The highest BCUT2D eigenvalue weighted by Crippen LogP contribution is 2.12. The lowest BCUT2D eigenvalue weighted by Gasteiger charge is -2.10. The van der Waals surface area contributed by atoms with E-state index in [2.05, 4.69) is 78.4 Å². The van der Waals surface area contributed by atoms with Gasteiger partial charge in [0.25, 0.3) is 0 Å². The molecule has 4 heteroatoms. The molecule has 2 aromatic rings. The maximum Gasteiger partial charge on any atom is 0.194 e. The Hall–Kier alpha value is -1.19. The highest BCUT2D eigenvalue weighted by Gasteiger charge is 2.02. The van der Waals surface area contributed by atoms with Crippen molar-refractivity contribution in [1.82, 2.24) is 0 Å². The summed E-state index contributed by atoms with van der Waals surface area (Å²) in [4.78, 5) is 2.11. The third kappa shape index (κ3) is 5.13. The molecule has 19 heavy (non-hydrogen) atoms. The first-order chi connectivity index (χ1) is 8.75. The summed E-state index contributed by atoms with van der Waals surface area (Å²) in [7, 11) is 4.12. The van der Waals surface area contributed by atoms with Crippen molar-refractivity contribution >= 4 is 17.4 Å². The van der Waals surface area contributed by atoms with E-state index >= 15 is 0 Å². The molecule has 0 saturated heterocycles. The van der Waals surface area contributed by atoms with Gasteiger partial charge < -0.3 is 17.3 Å². The zero-order valence-electron chi connectivity index (χ0n) is 11.3. The monoisotopic (exact) mass is 294 g/mol. The molecule has 102 valence electrons. The van der Waals surface area contributed by atoms with Gasteiger partial charge in [0.05, 0.1) is 0 Å². The first kappa shape index (κ1) is 15.9. The van der Waals surface area contributed by atoms with Crippen molar-refractivity contribution in [3.63, 3.8) is 0 Å². The first-order valence-corrected chi connectivity index (χ1v) is 7.19. The highest BCUT2D eigenvalue weighted by atomic mass is 35.5. The van der Waals surface area contributed by atoms with Gasteiger partial charge in [-0.2, -0.15) is 4.57 Å². The van der Waals surface area contributed by atoms with Crippen LogP contribution in [-0.2, 0) is 11.6 Å². The van der Waals surface area contributed by atoms with Crippen molar-refractivity contribution in [2.75, 3.05) is 19.0 Å². The van der Waals surface area contributed by atoms with Crippen LogP contribution in [0, 0.1) is 0 Å². The summed E-state index contributed by atoms with van der Waals surface area (Å²) in [6, 6.07) is 14.9. The second kappa shape index (κ2) is 8.08. The van der Waals surface area contributed by atoms with Gasteiger partial charge in [-0.25, -0.2) is 0 Å². The Bertz CT molecular complexity index is 471. The van der Waals surface area contributed by atoms with Crippen LogP contribution in [0.15, 0.2) is 54.9 Å². The molecule has 0 aliphatic carbocycles. The van der Waals surface area contributed by atoms with Crippen LogP contribution >= 0.6 is 11.8 Å². The van der Waals surface area contributed by atoms with E-state index in [1.54, 1.807) is 0 Å². The molecule has 0 radical (unpaired) electrons. The molecule has 0 unspecified atom stereocenters. The van der Waals surface area contributed by atoms with Crippen molar-refractivity contribution in [3.8, 4) is 0 Å². The highest BCUT2D eigenvalue weighted by molar-refractivity contribution is 7.97. The first-order valence-electron chi connectivity index (χ1n) is 6.04. The number of nitrogens with zero attached hydrogens (tertiary/aromatic N) is 2. The van der Waals surface area contributed by atoms with Crippen LogP contribution in [0.2, 0.25) is 0 Å². The zero-order valence-corrected chi connectivity index (χ0v) is 12.9. The van der Waals surface area contributed by atoms with E-state index in [1.807, 2.05) is 11.8 Å². The van der Waals surface area contributed by atoms with Crippen LogP contribution in [0.5, 0.6) is 0 Å². The molecule has 0 atom stereocenters. The normalized spacial score (nSPS) is 9.79. The maximum absolute atomic E-state index is 2.21. The number of aromatic nitrogens is 1. The summed E-state index contributed by atoms with van der Waals surface area (Å²) < 4.78 is 2.21. The van der Waals surface area contributed by atoms with Crippen LogP contribution in [-0.4, -0.2) is 14.1 Å². The predicted octanol–water partition coefficient (Wildman–Crippen LogP) is -0.0650. The molecule has 0 N–H and O–H groups in total. The van der Waals surface area contributed by atoms with Gasteiger partial charge >= 0.3 is 0 Å². The molecular formula is C15H19ClN2S. The molecule has 0 aliphatic heterocycles. The molecule has 0 aliphatic rings. The van der Waals surface area contributed by atoms with Crippen LogP contribution in [0.1, 0.15) is 5.56 Å². The minimum absolute atomic E-state index is 0. The largest absolute Gasteiger partial charge is 1.00 e. The Balaban J connectivity index is 0.00000180. The van der Waals surface area contributed by atoms with Crippen molar-refractivity contribution in [2.24, 2.45) is 0 Å². The van der Waals surface area contributed by atoms with Crippen molar-refractivity contribution < 1.29 is 17.0 Å². The zero-order chi connectivity index (χ0) is 12.8. The lowest BCUT2D eigenvalue weighted by Crippen LogP contribution is -3.00. The Morgan fingerprint density at radius 1 is 1.00 bits per heavy atom. The summed E-state index contributed by atoms with van der Waals surface area (Å²) >= 11 is 1.92. The molecular weight excluding hydrogens is 276 g/mol. The quantitative estimate of drug-likeness (QED) is 0.713. The predicted molar refractivity (Wildman–Crippen MR) is 78.7 cm³/mol. The summed E-state index contributed by atoms with van der Waals surface area (Å²) in [5.41, 5.74) is 2.62. The Morgan fingerprint density at radius 3 is 2.21 bits per heavy atom. The van der Waals surface area contributed by atoms with Crippen LogP contribution in [0.4, 0.5) is 5.69 Å². The van der Waals surface area contributed by atoms with E-state index < -0.39 is 0 Å². The minimum atomic E-state index is 0. The second-order valence-electron chi connectivity index (χ2n) is 4.43. The van der Waals surface area contributed by atoms with Crippen molar-refractivity contribution in [1.29, 1.82) is 0 Å². The van der Waals surface area contributed by atoms with Gasteiger partial charge in [0.1, 0.15) is 0 Å². The topological polar surface area (TPSA) is 7.12 Å². The van der Waals surface area contributed by atoms with E-state index in [0.717, 1.165) is 11.6 Å². The number of thioether (sulfide) groups is 1. The summed E-state index contributed by atoms with van der Waals surface area (Å²) in [5, 5.41) is 0. The van der Waals surface area contributed by atoms with E-state index in [0.29, 0.717) is 0 Å². The van der Waals surface area contributed by atoms with Crippen molar-refractivity contribution in [3.05, 3.63) is 60.4 Å². The molecule has 0 fully saturated rings. The van der Waals surface area contributed by atoms with E-state index in [9.17, 15) is 0 Å². The fraction of sp³-hybridized carbons (Fsp3) is 0.267. The Kier molecular flexibility index (Phi) is 6.74. The number of rotatable bonds is 5. The third-order valence-corrected chi connectivity index (χ3v) is 3.76. The van der Waals surface area contributed by atoms with E-state index in [4.69, 9.17) is 0 Å². The van der Waals surface area contributed by atoms with Crippen LogP contribution < -0.4 is 21.9 Å². The lowest BCUT2D eigenvalue weighted by molar-refractivity contribution is -0.675. The van der Waals surface area contributed by atoms with Crippen LogP contribution in [0.25, 0.3) is 0 Å². The maximum atomic E-state index is 2.21. The van der Waals surface area contributed by atoms with E-state index in [-0.39, 0.29) is 12.4 Å². The molecule has 1 heterocycles. The minimum Gasteiger partial charge on any atom is -1.00 e. The molecule has 2 nitrogen and oxygen atoms in total. The van der Waals surface area contributed by atoms with Gasteiger partial charge in [0.15, 0.2) is 18.3 Å². The second-order valence-corrected chi connectivity index (χ2v) is 5.38. The van der Waals surface area contributed by atoms with Gasteiger partial charge in [0.2, 0.25) is 0 Å². The van der Waals surface area contributed by atoms with Crippen LogP contribution in [0.3, 0.4) is 0 Å². The van der Waals surface area contributed by atoms with Gasteiger partial charge in [-0.15, -0.1) is 0 Å². The molecule has 0 spiro atoms. The Morgan fingerprint density at radius 2 is 1.63 bits per heavy atom. The van der Waals surface area contributed by atoms with Gasteiger partial charge in [0, 0.05) is 37.7 Å². The molecule has 0 saturated carbocycles. The average molecular weight is 295 g/mol.